The van der Waals surface area contributed by atoms with Gasteiger partial charge in [0.2, 0.25) is 5.91 Å². The number of amides is 1. The van der Waals surface area contributed by atoms with Crippen molar-refractivity contribution in [2.75, 3.05) is 18.4 Å². The van der Waals surface area contributed by atoms with Gasteiger partial charge in [0.25, 0.3) is 0 Å². The smallest absolute Gasteiger partial charge is 0.238 e. The molecule has 5 heteroatoms. The van der Waals surface area contributed by atoms with E-state index in [0.717, 1.165) is 0 Å². The molecule has 0 radical (unpaired) electrons. The number of nitrogens with one attached hydrogen (secondary N) is 2. The number of nitrogens with zero attached hydrogens (tertiary/aromatic N) is 1. The summed E-state index contributed by atoms with van der Waals surface area (Å²) in [6, 6.07) is 6.68. The molecule has 0 aliphatic carbocycles. The third-order valence-corrected chi connectivity index (χ3v) is 2.27. The Bertz CT molecular complexity index is 465. The van der Waals surface area contributed by atoms with Crippen molar-refractivity contribution in [2.24, 2.45) is 0 Å². The normalized spacial score (nSPS) is 9.41. The first-order valence-electron chi connectivity index (χ1n) is 4.98. The monoisotopic (exact) mass is 249 g/mol. The van der Waals surface area contributed by atoms with Crippen molar-refractivity contribution < 1.29 is 4.79 Å². The molecule has 0 bridgehead atoms. The van der Waals surface area contributed by atoms with Gasteiger partial charge in [-0.05, 0) is 18.2 Å². The molecule has 1 amide bonds. The van der Waals surface area contributed by atoms with E-state index in [-0.39, 0.29) is 12.5 Å². The summed E-state index contributed by atoms with van der Waals surface area (Å²) in [6.07, 6.45) is 1.66. The maximum absolute atomic E-state index is 11.5. The topological polar surface area (TPSA) is 64.9 Å². The fourth-order valence-corrected chi connectivity index (χ4v) is 1.34. The Morgan fingerprint density at radius 2 is 2.35 bits per heavy atom. The number of benzene rings is 1. The average Bonchev–Trinajstić information content (AvgIpc) is 2.32. The third kappa shape index (κ3) is 4.27. The highest BCUT2D eigenvalue weighted by Crippen LogP contribution is 2.22. The van der Waals surface area contributed by atoms with Crippen molar-refractivity contribution in [3.05, 3.63) is 41.4 Å². The van der Waals surface area contributed by atoms with Crippen LogP contribution in [0.4, 0.5) is 5.69 Å². The van der Waals surface area contributed by atoms with E-state index in [4.69, 9.17) is 16.9 Å². The van der Waals surface area contributed by atoms with Gasteiger partial charge in [-0.3, -0.25) is 4.79 Å². The van der Waals surface area contributed by atoms with E-state index in [2.05, 4.69) is 17.2 Å². The molecule has 17 heavy (non-hydrogen) atoms. The van der Waals surface area contributed by atoms with Gasteiger partial charge in [0.15, 0.2) is 0 Å². The summed E-state index contributed by atoms with van der Waals surface area (Å²) in [5.41, 5.74) is 0.889. The van der Waals surface area contributed by atoms with Crippen LogP contribution in [0.25, 0.3) is 0 Å². The van der Waals surface area contributed by atoms with Crippen molar-refractivity contribution in [3.8, 4) is 6.07 Å². The molecule has 0 aromatic heterocycles. The molecule has 0 saturated carbocycles. The van der Waals surface area contributed by atoms with Crippen LogP contribution in [-0.2, 0) is 4.79 Å². The molecule has 0 aliphatic rings. The van der Waals surface area contributed by atoms with Gasteiger partial charge in [0.05, 0.1) is 28.9 Å². The maximum Gasteiger partial charge on any atom is 0.238 e. The highest BCUT2D eigenvalue weighted by atomic mass is 35.5. The van der Waals surface area contributed by atoms with E-state index in [1.165, 1.54) is 6.07 Å². The Morgan fingerprint density at radius 1 is 1.59 bits per heavy atom. The van der Waals surface area contributed by atoms with Gasteiger partial charge in [-0.25, -0.2) is 0 Å². The molecule has 88 valence electrons. The first kappa shape index (κ1) is 13.2. The SMILES string of the molecule is C=CCNCC(=O)Nc1cc(C#N)ccc1Cl. The van der Waals surface area contributed by atoms with E-state index in [1.54, 1.807) is 18.2 Å². The molecule has 1 aromatic carbocycles. The number of halogens is 1. The highest BCUT2D eigenvalue weighted by molar-refractivity contribution is 6.33. The Labute approximate surface area is 105 Å². The number of hydrogen-bond donors (Lipinski definition) is 2. The molecule has 1 aromatic rings. The van der Waals surface area contributed by atoms with Crippen molar-refractivity contribution >= 4 is 23.2 Å². The van der Waals surface area contributed by atoms with Crippen molar-refractivity contribution in [1.82, 2.24) is 5.32 Å². The second-order valence-electron chi connectivity index (χ2n) is 3.27. The van der Waals surface area contributed by atoms with Gasteiger partial charge < -0.3 is 10.6 Å². The van der Waals surface area contributed by atoms with Gasteiger partial charge in [-0.1, -0.05) is 17.7 Å². The van der Waals surface area contributed by atoms with Gasteiger partial charge in [-0.2, -0.15) is 5.26 Å². The largest absolute Gasteiger partial charge is 0.324 e. The fourth-order valence-electron chi connectivity index (χ4n) is 1.17. The minimum absolute atomic E-state index is 0.166. The zero-order valence-electron chi connectivity index (χ0n) is 9.16. The first-order valence-corrected chi connectivity index (χ1v) is 5.36. The summed E-state index contributed by atoms with van der Waals surface area (Å²) in [6.45, 7) is 4.25. The number of anilines is 1. The molecule has 0 unspecified atom stereocenters. The van der Waals surface area contributed by atoms with Gasteiger partial charge in [0, 0.05) is 6.54 Å². The summed E-state index contributed by atoms with van der Waals surface area (Å²) in [4.78, 5) is 11.5. The van der Waals surface area contributed by atoms with E-state index in [0.29, 0.717) is 22.8 Å². The molecular formula is C12H12ClN3O. The Morgan fingerprint density at radius 3 is 3.00 bits per heavy atom. The highest BCUT2D eigenvalue weighted by Gasteiger charge is 2.06. The van der Waals surface area contributed by atoms with E-state index in [1.807, 2.05) is 6.07 Å². The van der Waals surface area contributed by atoms with E-state index < -0.39 is 0 Å². The number of rotatable bonds is 5. The number of nitriles is 1. The predicted molar refractivity (Wildman–Crippen MR) is 67.9 cm³/mol. The van der Waals surface area contributed by atoms with Crippen LogP contribution in [0.5, 0.6) is 0 Å². The number of carbonyl (C=O) groups excluding carboxylic acids is 1. The Hall–Kier alpha value is -1.83. The number of carbonyl (C=O) groups is 1. The first-order chi connectivity index (χ1) is 8.17. The minimum atomic E-state index is -0.219. The summed E-state index contributed by atoms with van der Waals surface area (Å²) in [7, 11) is 0. The molecule has 4 nitrogen and oxygen atoms in total. The van der Waals surface area contributed by atoms with Crippen LogP contribution in [-0.4, -0.2) is 19.0 Å². The molecule has 0 atom stereocenters. The minimum Gasteiger partial charge on any atom is -0.324 e. The fraction of sp³-hybridized carbons (Fsp3) is 0.167. The Balaban J connectivity index is 2.64. The van der Waals surface area contributed by atoms with E-state index in [9.17, 15) is 4.79 Å². The molecular weight excluding hydrogens is 238 g/mol. The zero-order chi connectivity index (χ0) is 12.7. The van der Waals surface area contributed by atoms with Crippen LogP contribution < -0.4 is 10.6 Å². The van der Waals surface area contributed by atoms with Gasteiger partial charge in [0.1, 0.15) is 0 Å². The van der Waals surface area contributed by atoms with Crippen molar-refractivity contribution in [1.29, 1.82) is 5.26 Å². The standard InChI is InChI=1S/C12H12ClN3O/c1-2-5-15-8-12(17)16-11-6-9(7-14)3-4-10(11)13/h2-4,6,15H,1,5,8H2,(H,16,17). The van der Waals surface area contributed by atoms with Crippen molar-refractivity contribution in [3.63, 3.8) is 0 Å². The summed E-state index contributed by atoms with van der Waals surface area (Å²) in [5.74, 6) is -0.219. The molecule has 0 spiro atoms. The quantitative estimate of drug-likeness (QED) is 0.619. The van der Waals surface area contributed by atoms with Gasteiger partial charge >= 0.3 is 0 Å². The molecule has 0 saturated heterocycles. The van der Waals surface area contributed by atoms with Gasteiger partial charge in [-0.15, -0.1) is 6.58 Å². The van der Waals surface area contributed by atoms with E-state index >= 15 is 0 Å². The molecule has 0 heterocycles. The summed E-state index contributed by atoms with van der Waals surface area (Å²) >= 11 is 5.90. The Kier molecular flexibility index (Phi) is 5.21. The van der Waals surface area contributed by atoms with Crippen LogP contribution in [0.3, 0.4) is 0 Å². The van der Waals surface area contributed by atoms with Crippen molar-refractivity contribution in [2.45, 2.75) is 0 Å². The molecule has 2 N–H and O–H groups in total. The lowest BCUT2D eigenvalue weighted by Crippen LogP contribution is -2.28. The lowest BCUT2D eigenvalue weighted by atomic mass is 10.2. The van der Waals surface area contributed by atoms with Crippen LogP contribution in [0.1, 0.15) is 5.56 Å². The van der Waals surface area contributed by atoms with Crippen LogP contribution >= 0.6 is 11.6 Å². The summed E-state index contributed by atoms with van der Waals surface area (Å²) < 4.78 is 0. The average molecular weight is 250 g/mol. The molecule has 0 aliphatic heterocycles. The van der Waals surface area contributed by atoms with Crippen LogP contribution in [0.2, 0.25) is 5.02 Å². The maximum atomic E-state index is 11.5. The number of hydrogen-bond acceptors (Lipinski definition) is 3. The zero-order valence-corrected chi connectivity index (χ0v) is 9.92. The lowest BCUT2D eigenvalue weighted by molar-refractivity contribution is -0.115. The molecule has 0 fully saturated rings. The third-order valence-electron chi connectivity index (χ3n) is 1.94. The molecule has 1 rings (SSSR count). The van der Waals surface area contributed by atoms with Crippen LogP contribution in [0, 0.1) is 11.3 Å². The van der Waals surface area contributed by atoms with Crippen LogP contribution in [0.15, 0.2) is 30.9 Å². The summed E-state index contributed by atoms with van der Waals surface area (Å²) in [5, 5.41) is 14.6. The second kappa shape index (κ2) is 6.69. The second-order valence-corrected chi connectivity index (χ2v) is 3.68. The lowest BCUT2D eigenvalue weighted by Gasteiger charge is -2.07. The predicted octanol–water partition coefficient (Wildman–Crippen LogP) is 1.93.